The zero-order valence-electron chi connectivity index (χ0n) is 11.3. The van der Waals surface area contributed by atoms with Crippen LogP contribution in [0.2, 0.25) is 0 Å². The van der Waals surface area contributed by atoms with E-state index in [1.165, 1.54) is 5.56 Å². The van der Waals surface area contributed by atoms with Crippen LogP contribution >= 0.6 is 0 Å². The monoisotopic (exact) mass is 257 g/mol. The van der Waals surface area contributed by atoms with Crippen molar-refractivity contribution < 1.29 is 4.74 Å². The predicted molar refractivity (Wildman–Crippen MR) is 76.8 cm³/mol. The summed E-state index contributed by atoms with van der Waals surface area (Å²) in [5.41, 5.74) is 8.75. The van der Waals surface area contributed by atoms with Gasteiger partial charge in [0, 0.05) is 19.3 Å². The van der Waals surface area contributed by atoms with Crippen molar-refractivity contribution in [2.24, 2.45) is 0 Å². The standard InChI is InChI=1S/C15H19N3O/c1-18(11-15-14(16)7-4-8-17-15)10-12-5-3-6-13(9-12)19-2/h3-9H,10-11,16H2,1-2H3. The van der Waals surface area contributed by atoms with Crippen molar-refractivity contribution in [3.63, 3.8) is 0 Å². The molecule has 2 aromatic rings. The van der Waals surface area contributed by atoms with Crippen molar-refractivity contribution in [2.75, 3.05) is 19.9 Å². The molecule has 0 fully saturated rings. The SMILES string of the molecule is COc1cccc(CN(C)Cc2ncccc2N)c1. The number of rotatable bonds is 5. The molecule has 0 bridgehead atoms. The van der Waals surface area contributed by atoms with Gasteiger partial charge in [0.25, 0.3) is 0 Å². The number of pyridine rings is 1. The second-order valence-corrected chi connectivity index (χ2v) is 4.56. The summed E-state index contributed by atoms with van der Waals surface area (Å²) in [5.74, 6) is 0.878. The Morgan fingerprint density at radius 1 is 1.21 bits per heavy atom. The van der Waals surface area contributed by atoms with Crippen molar-refractivity contribution in [2.45, 2.75) is 13.1 Å². The van der Waals surface area contributed by atoms with Crippen molar-refractivity contribution in [3.05, 3.63) is 53.9 Å². The van der Waals surface area contributed by atoms with Crippen LogP contribution in [0.5, 0.6) is 5.75 Å². The van der Waals surface area contributed by atoms with E-state index in [0.717, 1.165) is 30.2 Å². The number of hydrogen-bond donors (Lipinski definition) is 1. The van der Waals surface area contributed by atoms with Crippen molar-refractivity contribution >= 4 is 5.69 Å². The fourth-order valence-corrected chi connectivity index (χ4v) is 1.98. The lowest BCUT2D eigenvalue weighted by Crippen LogP contribution is -2.18. The molecule has 0 aliphatic carbocycles. The first kappa shape index (κ1) is 13.4. The van der Waals surface area contributed by atoms with Crippen molar-refractivity contribution in [3.8, 4) is 5.75 Å². The van der Waals surface area contributed by atoms with Crippen LogP contribution in [0.3, 0.4) is 0 Å². The predicted octanol–water partition coefficient (Wildman–Crippen LogP) is 2.30. The Morgan fingerprint density at radius 3 is 2.79 bits per heavy atom. The summed E-state index contributed by atoms with van der Waals surface area (Å²) in [6.07, 6.45) is 1.77. The molecule has 0 radical (unpaired) electrons. The number of benzene rings is 1. The van der Waals surface area contributed by atoms with Crippen LogP contribution < -0.4 is 10.5 Å². The van der Waals surface area contributed by atoms with Crippen LogP contribution in [0.4, 0.5) is 5.69 Å². The van der Waals surface area contributed by atoms with Crippen molar-refractivity contribution in [1.29, 1.82) is 0 Å². The summed E-state index contributed by atoms with van der Waals surface area (Å²) in [4.78, 5) is 6.48. The van der Waals surface area contributed by atoms with Crippen molar-refractivity contribution in [1.82, 2.24) is 9.88 Å². The minimum absolute atomic E-state index is 0.726. The van der Waals surface area contributed by atoms with E-state index in [2.05, 4.69) is 16.0 Å². The molecule has 0 saturated heterocycles. The molecular weight excluding hydrogens is 238 g/mol. The molecule has 0 amide bonds. The van der Waals surface area contributed by atoms with Gasteiger partial charge >= 0.3 is 0 Å². The van der Waals surface area contributed by atoms with E-state index in [-0.39, 0.29) is 0 Å². The fraction of sp³-hybridized carbons (Fsp3) is 0.267. The minimum atomic E-state index is 0.726. The number of aromatic nitrogens is 1. The first-order valence-electron chi connectivity index (χ1n) is 6.20. The number of nitrogen functional groups attached to an aromatic ring is 1. The molecule has 0 aliphatic rings. The maximum Gasteiger partial charge on any atom is 0.119 e. The van der Waals surface area contributed by atoms with E-state index in [1.807, 2.05) is 37.4 Å². The van der Waals surface area contributed by atoms with Gasteiger partial charge in [0.15, 0.2) is 0 Å². The zero-order valence-corrected chi connectivity index (χ0v) is 11.3. The number of hydrogen-bond acceptors (Lipinski definition) is 4. The van der Waals surface area contributed by atoms with Gasteiger partial charge in [-0.05, 0) is 36.9 Å². The van der Waals surface area contributed by atoms with Crippen LogP contribution in [-0.2, 0) is 13.1 Å². The molecule has 4 heteroatoms. The average Bonchev–Trinajstić information content (AvgIpc) is 2.41. The summed E-state index contributed by atoms with van der Waals surface area (Å²) in [5, 5.41) is 0. The first-order valence-corrected chi connectivity index (χ1v) is 6.20. The summed E-state index contributed by atoms with van der Waals surface area (Å²) in [6, 6.07) is 11.8. The van der Waals surface area contributed by atoms with E-state index < -0.39 is 0 Å². The van der Waals surface area contributed by atoms with Gasteiger partial charge in [-0.2, -0.15) is 0 Å². The first-order chi connectivity index (χ1) is 9.19. The molecule has 0 atom stereocenters. The molecule has 1 aromatic carbocycles. The molecule has 4 nitrogen and oxygen atoms in total. The second kappa shape index (κ2) is 6.20. The van der Waals surface area contributed by atoms with Gasteiger partial charge in [0.1, 0.15) is 5.75 Å². The third kappa shape index (κ3) is 3.69. The Bertz CT molecular complexity index is 542. The smallest absolute Gasteiger partial charge is 0.119 e. The molecule has 2 rings (SSSR count). The minimum Gasteiger partial charge on any atom is -0.497 e. The van der Waals surface area contributed by atoms with Crippen LogP contribution in [0, 0.1) is 0 Å². The number of nitrogens with two attached hydrogens (primary N) is 1. The summed E-state index contributed by atoms with van der Waals surface area (Å²) in [6.45, 7) is 1.55. The zero-order chi connectivity index (χ0) is 13.7. The molecule has 19 heavy (non-hydrogen) atoms. The number of methoxy groups -OCH3 is 1. The largest absolute Gasteiger partial charge is 0.497 e. The van der Waals surface area contributed by atoms with Gasteiger partial charge < -0.3 is 10.5 Å². The molecular formula is C15H19N3O. The van der Waals surface area contributed by atoms with E-state index in [9.17, 15) is 0 Å². The van der Waals surface area contributed by atoms with Crippen LogP contribution in [0.25, 0.3) is 0 Å². The molecule has 1 aromatic heterocycles. The third-order valence-electron chi connectivity index (χ3n) is 2.93. The Balaban J connectivity index is 2.01. The Labute approximate surface area is 113 Å². The molecule has 0 aliphatic heterocycles. The van der Waals surface area contributed by atoms with Gasteiger partial charge in [-0.25, -0.2) is 0 Å². The third-order valence-corrected chi connectivity index (χ3v) is 2.93. The molecule has 2 N–H and O–H groups in total. The normalized spacial score (nSPS) is 10.7. The highest BCUT2D eigenvalue weighted by atomic mass is 16.5. The number of nitrogens with zero attached hydrogens (tertiary/aromatic N) is 2. The van der Waals surface area contributed by atoms with Gasteiger partial charge in [0.2, 0.25) is 0 Å². The summed E-state index contributed by atoms with van der Waals surface area (Å²) in [7, 11) is 3.73. The molecule has 100 valence electrons. The number of ether oxygens (including phenoxy) is 1. The highest BCUT2D eigenvalue weighted by molar-refractivity contribution is 5.41. The molecule has 1 heterocycles. The van der Waals surface area contributed by atoms with Gasteiger partial charge in [-0.3, -0.25) is 9.88 Å². The van der Waals surface area contributed by atoms with E-state index >= 15 is 0 Å². The van der Waals surface area contributed by atoms with Crippen LogP contribution in [0.1, 0.15) is 11.3 Å². The molecule has 0 saturated carbocycles. The van der Waals surface area contributed by atoms with Gasteiger partial charge in [-0.15, -0.1) is 0 Å². The highest BCUT2D eigenvalue weighted by Crippen LogP contribution is 2.15. The lowest BCUT2D eigenvalue weighted by atomic mass is 10.2. The van der Waals surface area contributed by atoms with Crippen LogP contribution in [-0.4, -0.2) is 24.0 Å². The topological polar surface area (TPSA) is 51.4 Å². The van der Waals surface area contributed by atoms with E-state index in [0.29, 0.717) is 0 Å². The molecule has 0 unspecified atom stereocenters. The Hall–Kier alpha value is -2.07. The van der Waals surface area contributed by atoms with Gasteiger partial charge in [-0.1, -0.05) is 12.1 Å². The fourth-order valence-electron chi connectivity index (χ4n) is 1.98. The second-order valence-electron chi connectivity index (χ2n) is 4.56. The average molecular weight is 257 g/mol. The van der Waals surface area contributed by atoms with Gasteiger partial charge in [0.05, 0.1) is 18.5 Å². The lowest BCUT2D eigenvalue weighted by molar-refractivity contribution is 0.315. The maximum atomic E-state index is 5.90. The maximum absolute atomic E-state index is 5.90. The van der Waals surface area contributed by atoms with E-state index in [4.69, 9.17) is 10.5 Å². The highest BCUT2D eigenvalue weighted by Gasteiger charge is 2.06. The Kier molecular flexibility index (Phi) is 4.36. The number of anilines is 1. The molecule has 0 spiro atoms. The quantitative estimate of drug-likeness (QED) is 0.893. The Morgan fingerprint density at radius 2 is 2.05 bits per heavy atom. The van der Waals surface area contributed by atoms with E-state index in [1.54, 1.807) is 13.3 Å². The lowest BCUT2D eigenvalue weighted by Gasteiger charge is -2.17. The summed E-state index contributed by atoms with van der Waals surface area (Å²) < 4.78 is 5.22. The summed E-state index contributed by atoms with van der Waals surface area (Å²) >= 11 is 0. The van der Waals surface area contributed by atoms with Crippen LogP contribution in [0.15, 0.2) is 42.6 Å².